The maximum Gasteiger partial charge on any atom is 0.185 e. The maximum atomic E-state index is 4.61. The summed E-state index contributed by atoms with van der Waals surface area (Å²) in [6.07, 6.45) is 5.59. The van der Waals surface area contributed by atoms with Crippen LogP contribution in [0.25, 0.3) is 10.3 Å². The fourth-order valence-electron chi connectivity index (χ4n) is 3.20. The maximum absolute atomic E-state index is 4.61. The van der Waals surface area contributed by atoms with Gasteiger partial charge in [-0.3, -0.25) is 0 Å². The minimum absolute atomic E-state index is 0.736. The summed E-state index contributed by atoms with van der Waals surface area (Å²) in [7, 11) is 0. The first-order valence-corrected chi connectivity index (χ1v) is 10.0. The van der Waals surface area contributed by atoms with Gasteiger partial charge in [0.15, 0.2) is 16.6 Å². The van der Waals surface area contributed by atoms with Crippen molar-refractivity contribution in [3.05, 3.63) is 36.2 Å². The second kappa shape index (κ2) is 7.97. The molecule has 2 aromatic heterocycles. The zero-order valence-corrected chi connectivity index (χ0v) is 15.9. The molecular weight excluding hydrogens is 344 g/mol. The lowest BCUT2D eigenvalue weighted by atomic mass is 10.1. The summed E-state index contributed by atoms with van der Waals surface area (Å²) in [5.74, 6) is 0.806. The molecule has 136 valence electrons. The van der Waals surface area contributed by atoms with Gasteiger partial charge in [0.1, 0.15) is 11.0 Å². The van der Waals surface area contributed by atoms with Crippen molar-refractivity contribution in [3.8, 4) is 0 Å². The molecule has 1 aliphatic heterocycles. The molecule has 6 nitrogen and oxygen atoms in total. The fraction of sp³-hybridized carbons (Fsp3) is 0.421. The number of rotatable bonds is 6. The number of nitrogens with one attached hydrogen (secondary N) is 2. The molecule has 1 fully saturated rings. The first-order chi connectivity index (χ1) is 12.8. The topological polar surface area (TPSA) is 66.0 Å². The molecule has 1 aliphatic rings. The molecule has 0 unspecified atom stereocenters. The molecule has 1 aromatic carbocycles. The SMILES string of the molecule is Cc1ccc(Nc2ncnc3nc(NCCN4CCCCC4)sc23)cc1. The minimum Gasteiger partial charge on any atom is -0.360 e. The normalized spacial score (nSPS) is 15.3. The Morgan fingerprint density at radius 3 is 2.69 bits per heavy atom. The van der Waals surface area contributed by atoms with Gasteiger partial charge < -0.3 is 15.5 Å². The van der Waals surface area contributed by atoms with E-state index in [-0.39, 0.29) is 0 Å². The summed E-state index contributed by atoms with van der Waals surface area (Å²) < 4.78 is 0.980. The molecule has 26 heavy (non-hydrogen) atoms. The van der Waals surface area contributed by atoms with Crippen LogP contribution in [0.2, 0.25) is 0 Å². The number of benzene rings is 1. The van der Waals surface area contributed by atoms with E-state index in [0.29, 0.717) is 0 Å². The van der Waals surface area contributed by atoms with Crippen molar-refractivity contribution < 1.29 is 0 Å². The molecule has 7 heteroatoms. The molecule has 0 saturated carbocycles. The van der Waals surface area contributed by atoms with Crippen molar-refractivity contribution in [3.63, 3.8) is 0 Å². The largest absolute Gasteiger partial charge is 0.360 e. The van der Waals surface area contributed by atoms with E-state index in [1.165, 1.54) is 37.9 Å². The number of nitrogens with zero attached hydrogens (tertiary/aromatic N) is 4. The van der Waals surface area contributed by atoms with Crippen LogP contribution in [0.3, 0.4) is 0 Å². The third-order valence-electron chi connectivity index (χ3n) is 4.66. The van der Waals surface area contributed by atoms with Crippen LogP contribution >= 0.6 is 11.3 Å². The Morgan fingerprint density at radius 2 is 1.88 bits per heavy atom. The van der Waals surface area contributed by atoms with Crippen LogP contribution < -0.4 is 10.6 Å². The summed E-state index contributed by atoms with van der Waals surface area (Å²) in [6.45, 7) is 6.50. The molecular formula is C19H24N6S. The van der Waals surface area contributed by atoms with E-state index < -0.39 is 0 Å². The van der Waals surface area contributed by atoms with E-state index in [0.717, 1.165) is 40.1 Å². The van der Waals surface area contributed by atoms with E-state index in [4.69, 9.17) is 0 Å². The monoisotopic (exact) mass is 368 g/mol. The summed E-state index contributed by atoms with van der Waals surface area (Å²) >= 11 is 1.60. The molecule has 0 radical (unpaired) electrons. The van der Waals surface area contributed by atoms with Crippen molar-refractivity contribution >= 4 is 38.3 Å². The summed E-state index contributed by atoms with van der Waals surface area (Å²) in [4.78, 5) is 15.8. The van der Waals surface area contributed by atoms with Crippen molar-refractivity contribution in [2.75, 3.05) is 36.8 Å². The molecule has 0 atom stereocenters. The van der Waals surface area contributed by atoms with Gasteiger partial charge in [-0.15, -0.1) is 0 Å². The van der Waals surface area contributed by atoms with Crippen molar-refractivity contribution in [1.29, 1.82) is 0 Å². The van der Waals surface area contributed by atoms with Crippen LogP contribution in [0, 0.1) is 6.92 Å². The Hall–Kier alpha value is -2.25. The van der Waals surface area contributed by atoms with Gasteiger partial charge in [0.2, 0.25) is 0 Å². The molecule has 1 saturated heterocycles. The number of anilines is 3. The van der Waals surface area contributed by atoms with E-state index >= 15 is 0 Å². The number of piperidine rings is 1. The number of hydrogen-bond acceptors (Lipinski definition) is 7. The molecule has 3 aromatic rings. The zero-order chi connectivity index (χ0) is 17.8. The Labute approximate surface area is 157 Å². The Balaban J connectivity index is 1.43. The van der Waals surface area contributed by atoms with Crippen LogP contribution in [0.4, 0.5) is 16.6 Å². The predicted molar refractivity (Wildman–Crippen MR) is 108 cm³/mol. The van der Waals surface area contributed by atoms with Crippen LogP contribution in [0.5, 0.6) is 0 Å². The standard InChI is InChI=1S/C19H24N6S/c1-14-5-7-15(8-6-14)23-17-16-18(22-13-21-17)24-19(26-16)20-9-12-25-10-3-2-4-11-25/h5-8,13H,2-4,9-12H2,1H3,(H2,20,21,22,23,24). The molecule has 0 aliphatic carbocycles. The molecule has 2 N–H and O–H groups in total. The smallest absolute Gasteiger partial charge is 0.185 e. The third kappa shape index (κ3) is 4.11. The second-order valence-electron chi connectivity index (χ2n) is 6.71. The predicted octanol–water partition coefficient (Wildman–Crippen LogP) is 4.04. The first-order valence-electron chi connectivity index (χ1n) is 9.19. The highest BCUT2D eigenvalue weighted by molar-refractivity contribution is 7.22. The highest BCUT2D eigenvalue weighted by Gasteiger charge is 2.12. The van der Waals surface area contributed by atoms with Crippen LogP contribution in [-0.2, 0) is 0 Å². The van der Waals surface area contributed by atoms with Gasteiger partial charge in [-0.2, -0.15) is 4.98 Å². The van der Waals surface area contributed by atoms with Crippen molar-refractivity contribution in [2.45, 2.75) is 26.2 Å². The quantitative estimate of drug-likeness (QED) is 0.685. The Bertz CT molecular complexity index is 854. The average molecular weight is 369 g/mol. The van der Waals surface area contributed by atoms with Crippen molar-refractivity contribution in [2.24, 2.45) is 0 Å². The van der Waals surface area contributed by atoms with E-state index in [2.05, 4.69) is 61.7 Å². The Morgan fingerprint density at radius 1 is 1.08 bits per heavy atom. The van der Waals surface area contributed by atoms with Gasteiger partial charge >= 0.3 is 0 Å². The second-order valence-corrected chi connectivity index (χ2v) is 7.71. The molecule has 0 bridgehead atoms. The first kappa shape index (κ1) is 17.2. The molecule has 0 spiro atoms. The van der Waals surface area contributed by atoms with Crippen LogP contribution in [0.15, 0.2) is 30.6 Å². The molecule has 4 rings (SSSR count). The van der Waals surface area contributed by atoms with Crippen LogP contribution in [0.1, 0.15) is 24.8 Å². The van der Waals surface area contributed by atoms with E-state index in [1.807, 2.05) is 0 Å². The number of thiazole rings is 1. The highest BCUT2D eigenvalue weighted by atomic mass is 32.1. The lowest BCUT2D eigenvalue weighted by Crippen LogP contribution is -2.33. The zero-order valence-electron chi connectivity index (χ0n) is 15.0. The summed E-state index contributed by atoms with van der Waals surface area (Å²) in [5.41, 5.74) is 2.99. The van der Waals surface area contributed by atoms with E-state index in [9.17, 15) is 0 Å². The number of hydrogen-bond donors (Lipinski definition) is 2. The lowest BCUT2D eigenvalue weighted by Gasteiger charge is -2.26. The van der Waals surface area contributed by atoms with Gasteiger partial charge in [0, 0.05) is 18.8 Å². The van der Waals surface area contributed by atoms with Gasteiger partial charge in [-0.05, 0) is 45.0 Å². The Kier molecular flexibility index (Phi) is 5.26. The molecule has 0 amide bonds. The molecule has 3 heterocycles. The number of likely N-dealkylation sites (tertiary alicyclic amines) is 1. The average Bonchev–Trinajstić information content (AvgIpc) is 3.08. The van der Waals surface area contributed by atoms with E-state index in [1.54, 1.807) is 17.7 Å². The lowest BCUT2D eigenvalue weighted by molar-refractivity contribution is 0.237. The van der Waals surface area contributed by atoms with Gasteiger partial charge in [0.05, 0.1) is 0 Å². The fourth-order valence-corrected chi connectivity index (χ4v) is 4.09. The van der Waals surface area contributed by atoms with Gasteiger partial charge in [0.25, 0.3) is 0 Å². The summed E-state index contributed by atoms with van der Waals surface area (Å²) in [6, 6.07) is 8.28. The number of aromatic nitrogens is 3. The number of aryl methyl sites for hydroxylation is 1. The highest BCUT2D eigenvalue weighted by Crippen LogP contribution is 2.31. The number of fused-ring (bicyclic) bond motifs is 1. The van der Waals surface area contributed by atoms with Crippen molar-refractivity contribution in [1.82, 2.24) is 19.9 Å². The van der Waals surface area contributed by atoms with Gasteiger partial charge in [-0.25, -0.2) is 9.97 Å². The minimum atomic E-state index is 0.736. The third-order valence-corrected chi connectivity index (χ3v) is 5.67. The summed E-state index contributed by atoms with van der Waals surface area (Å²) in [5, 5.41) is 7.74. The van der Waals surface area contributed by atoms with Gasteiger partial charge in [-0.1, -0.05) is 35.5 Å². The van der Waals surface area contributed by atoms with Crippen LogP contribution in [-0.4, -0.2) is 46.0 Å².